The van der Waals surface area contributed by atoms with E-state index in [-0.39, 0.29) is 12.7 Å². The number of nitrogens with zero attached hydrogens (tertiary/aromatic N) is 5. The molecule has 1 N–H and O–H groups in total. The number of imidazole rings is 1. The van der Waals surface area contributed by atoms with Crippen molar-refractivity contribution in [2.75, 3.05) is 25.5 Å². The van der Waals surface area contributed by atoms with Crippen molar-refractivity contribution in [1.82, 2.24) is 24.1 Å². The van der Waals surface area contributed by atoms with Crippen molar-refractivity contribution in [2.45, 2.75) is 91.4 Å². The van der Waals surface area contributed by atoms with E-state index in [2.05, 4.69) is 16.9 Å². The fraction of sp³-hybridized carbons (Fsp3) is 0.438. The summed E-state index contributed by atoms with van der Waals surface area (Å²) in [6, 6.07) is 17.2. The van der Waals surface area contributed by atoms with Crippen LogP contribution in [0.15, 0.2) is 79.3 Å². The van der Waals surface area contributed by atoms with Gasteiger partial charge in [0.05, 0.1) is 30.8 Å². The molecule has 1 aliphatic heterocycles. The van der Waals surface area contributed by atoms with Gasteiger partial charge in [0.1, 0.15) is 23.6 Å². The molecule has 0 radical (unpaired) electrons. The van der Waals surface area contributed by atoms with Gasteiger partial charge >= 0.3 is 18.0 Å². The smallest absolute Gasteiger partial charge is 0.410 e. The van der Waals surface area contributed by atoms with Gasteiger partial charge in [-0.05, 0) is 131 Å². The molecule has 10 rings (SSSR count). The first-order valence-electron chi connectivity index (χ1n) is 21.3. The second-order valence-electron chi connectivity index (χ2n) is 18.5. The predicted molar refractivity (Wildman–Crippen MR) is 229 cm³/mol. The first-order chi connectivity index (χ1) is 28.8. The number of pyridine rings is 1. The summed E-state index contributed by atoms with van der Waals surface area (Å²) in [5.74, 6) is 2.13. The average molecular weight is 811 g/mol. The second kappa shape index (κ2) is 15.6. The Hall–Kier alpha value is -5.91. The average Bonchev–Trinajstić information content (AvgIpc) is 3.80. The zero-order chi connectivity index (χ0) is 41.8. The number of fused-ring (bicyclic) bond motifs is 1. The van der Waals surface area contributed by atoms with Crippen molar-refractivity contribution >= 4 is 40.8 Å². The SMILES string of the molecule is COC(=O)c1c(-c2cnn(CC34CC5CC(CC(C5)C3)C4)c2C)ccn2c(Nc3ccc(C4=CCN(C(=O)OCc5ccccc5)CC4)cc3C(=O)OC(C)(C)C)cnc12. The van der Waals surface area contributed by atoms with Crippen molar-refractivity contribution < 1.29 is 28.6 Å². The number of aromatic nitrogens is 4. The molecule has 3 aromatic heterocycles. The number of hydrogen-bond donors (Lipinski definition) is 1. The van der Waals surface area contributed by atoms with Gasteiger partial charge in [-0.1, -0.05) is 42.5 Å². The van der Waals surface area contributed by atoms with Gasteiger partial charge in [-0.2, -0.15) is 5.10 Å². The van der Waals surface area contributed by atoms with E-state index in [9.17, 15) is 14.4 Å². The summed E-state index contributed by atoms with van der Waals surface area (Å²) in [7, 11) is 1.38. The number of nitrogens with one attached hydrogen (secondary N) is 1. The number of esters is 2. The molecule has 12 nitrogen and oxygen atoms in total. The number of carbonyl (C=O) groups is 3. The lowest BCUT2D eigenvalue weighted by Crippen LogP contribution is -2.48. The van der Waals surface area contributed by atoms with Gasteiger partial charge in [-0.15, -0.1) is 0 Å². The van der Waals surface area contributed by atoms with Crippen LogP contribution in [0.5, 0.6) is 0 Å². The molecule has 0 atom stereocenters. The van der Waals surface area contributed by atoms with Crippen LogP contribution in [0.2, 0.25) is 0 Å². The minimum atomic E-state index is -0.731. The Kier molecular flexibility index (Phi) is 10.3. The van der Waals surface area contributed by atoms with Crippen molar-refractivity contribution in [2.24, 2.45) is 23.2 Å². The van der Waals surface area contributed by atoms with Crippen LogP contribution in [0.1, 0.15) is 103 Å². The normalized spacial score (nSPS) is 22.1. The molecule has 1 amide bonds. The molecule has 5 aromatic rings. The third-order valence-corrected chi connectivity index (χ3v) is 13.1. The van der Waals surface area contributed by atoms with Crippen LogP contribution in [0.4, 0.5) is 16.3 Å². The number of rotatable bonds is 10. The Balaban J connectivity index is 0.978. The zero-order valence-electron chi connectivity index (χ0n) is 35.2. The fourth-order valence-corrected chi connectivity index (χ4v) is 10.7. The molecule has 4 heterocycles. The highest BCUT2D eigenvalue weighted by Gasteiger charge is 2.51. The lowest BCUT2D eigenvalue weighted by Gasteiger charge is -2.56. The Bertz CT molecular complexity index is 2460. The van der Waals surface area contributed by atoms with Gasteiger partial charge in [0.15, 0.2) is 5.65 Å². The van der Waals surface area contributed by atoms with Crippen LogP contribution in [-0.2, 0) is 27.4 Å². The zero-order valence-corrected chi connectivity index (χ0v) is 35.2. The third-order valence-electron chi connectivity index (χ3n) is 13.1. The molecule has 4 bridgehead atoms. The van der Waals surface area contributed by atoms with Crippen LogP contribution in [0.3, 0.4) is 0 Å². The van der Waals surface area contributed by atoms with Crippen LogP contribution in [-0.4, -0.2) is 67.9 Å². The van der Waals surface area contributed by atoms with Gasteiger partial charge in [-0.3, -0.25) is 9.08 Å². The molecule has 0 unspecified atom stereocenters. The molecule has 60 heavy (non-hydrogen) atoms. The van der Waals surface area contributed by atoms with E-state index in [4.69, 9.17) is 24.3 Å². The predicted octanol–water partition coefficient (Wildman–Crippen LogP) is 9.63. The maximum atomic E-state index is 13.8. The lowest BCUT2D eigenvalue weighted by atomic mass is 9.49. The molecule has 4 aliphatic carbocycles. The molecule has 2 aromatic carbocycles. The van der Waals surface area contributed by atoms with E-state index >= 15 is 0 Å². The molecule has 4 saturated carbocycles. The topological polar surface area (TPSA) is 129 Å². The van der Waals surface area contributed by atoms with Crippen molar-refractivity contribution in [3.8, 4) is 11.1 Å². The summed E-state index contributed by atoms with van der Waals surface area (Å²) in [6.07, 6.45) is 15.7. The Labute approximate surface area is 350 Å². The summed E-state index contributed by atoms with van der Waals surface area (Å²) in [4.78, 5) is 46.7. The monoisotopic (exact) mass is 810 g/mol. The minimum Gasteiger partial charge on any atom is -0.465 e. The maximum Gasteiger partial charge on any atom is 0.410 e. The van der Waals surface area contributed by atoms with E-state index in [1.54, 1.807) is 15.5 Å². The molecular weight excluding hydrogens is 757 g/mol. The number of methoxy groups -OCH3 is 1. The molecule has 312 valence electrons. The van der Waals surface area contributed by atoms with Crippen molar-refractivity contribution in [3.05, 3.63) is 107 Å². The highest BCUT2D eigenvalue weighted by atomic mass is 16.6. The Morgan fingerprint density at radius 3 is 2.32 bits per heavy atom. The summed E-state index contributed by atoms with van der Waals surface area (Å²) in [6.45, 7) is 9.59. The Morgan fingerprint density at radius 1 is 0.917 bits per heavy atom. The molecule has 5 aliphatic rings. The molecule has 0 spiro atoms. The van der Waals surface area contributed by atoms with Gasteiger partial charge in [0, 0.05) is 42.7 Å². The van der Waals surface area contributed by atoms with E-state index in [0.717, 1.165) is 52.3 Å². The highest BCUT2D eigenvalue weighted by molar-refractivity contribution is 6.04. The fourth-order valence-electron chi connectivity index (χ4n) is 10.7. The van der Waals surface area contributed by atoms with Crippen molar-refractivity contribution in [3.63, 3.8) is 0 Å². The van der Waals surface area contributed by atoms with Gasteiger partial charge in [0.2, 0.25) is 0 Å². The Morgan fingerprint density at radius 2 is 1.65 bits per heavy atom. The van der Waals surface area contributed by atoms with Crippen molar-refractivity contribution in [1.29, 1.82) is 0 Å². The standard InChI is InChI=1S/C48H54N6O6/c1-30-39(26-50-54(30)29-48-23-32-19-33(24-48)21-34(20-32)25-48)37-15-18-53-41(27-49-43(53)42(37)45(56)58-5)51-40-12-11-36(22-38(40)44(55)60-47(2,3)4)35-13-16-52(17-14-35)46(57)59-28-31-9-7-6-8-10-31/h6-13,15,18,22,26-27,32-34,51H,14,16-17,19-21,23-25,28-29H2,1-5H3. The van der Waals surface area contributed by atoms with Gasteiger partial charge < -0.3 is 24.4 Å². The quantitative estimate of drug-likeness (QED) is 0.108. The molecule has 12 heteroatoms. The number of carbonyl (C=O) groups excluding carboxylic acids is 3. The second-order valence-corrected chi connectivity index (χ2v) is 18.5. The summed E-state index contributed by atoms with van der Waals surface area (Å²) < 4.78 is 20.8. The van der Waals surface area contributed by atoms with E-state index in [0.29, 0.717) is 58.8 Å². The first-order valence-corrected chi connectivity index (χ1v) is 21.3. The lowest BCUT2D eigenvalue weighted by molar-refractivity contribution is -0.0638. The largest absolute Gasteiger partial charge is 0.465 e. The number of amides is 1. The van der Waals surface area contributed by atoms with E-state index in [1.165, 1.54) is 45.6 Å². The number of hydrogen-bond acceptors (Lipinski definition) is 9. The van der Waals surface area contributed by atoms with Gasteiger partial charge in [-0.25, -0.2) is 19.4 Å². The maximum absolute atomic E-state index is 13.8. The third kappa shape index (κ3) is 7.79. The van der Waals surface area contributed by atoms with Crippen LogP contribution < -0.4 is 5.32 Å². The molecular formula is C48H54N6O6. The highest BCUT2D eigenvalue weighted by Crippen LogP contribution is 2.60. The van der Waals surface area contributed by atoms with Gasteiger partial charge in [0.25, 0.3) is 0 Å². The summed E-state index contributed by atoms with van der Waals surface area (Å²) in [5, 5.41) is 8.33. The number of ether oxygens (including phenoxy) is 3. The van der Waals surface area contributed by atoms with Crippen LogP contribution in [0.25, 0.3) is 22.3 Å². The first kappa shape index (κ1) is 39.5. The number of anilines is 2. The van der Waals surface area contributed by atoms with E-state index in [1.807, 2.05) is 93.8 Å². The molecule has 4 fully saturated rings. The van der Waals surface area contributed by atoms with Crippen LogP contribution in [0, 0.1) is 30.1 Å². The van der Waals surface area contributed by atoms with E-state index < -0.39 is 17.5 Å². The minimum absolute atomic E-state index is 0.213. The summed E-state index contributed by atoms with van der Waals surface area (Å²) in [5.41, 5.74) is 6.62. The molecule has 0 saturated heterocycles. The van der Waals surface area contributed by atoms with Crippen LogP contribution >= 0.6 is 0 Å². The number of benzene rings is 2. The summed E-state index contributed by atoms with van der Waals surface area (Å²) >= 11 is 0.